The van der Waals surface area contributed by atoms with E-state index in [1.807, 2.05) is 0 Å². The van der Waals surface area contributed by atoms with Crippen LogP contribution in [0.5, 0.6) is 0 Å². The SMILES string of the molecule is F.N#C[S][Ag]. The van der Waals surface area contributed by atoms with Crippen molar-refractivity contribution in [3.63, 3.8) is 0 Å². The van der Waals surface area contributed by atoms with Crippen LogP contribution < -0.4 is 0 Å². The number of nitriles is 1. The van der Waals surface area contributed by atoms with E-state index in [-0.39, 0.29) is 4.70 Å². The van der Waals surface area contributed by atoms with Crippen LogP contribution in [0.15, 0.2) is 0 Å². The molecule has 0 aliphatic heterocycles. The van der Waals surface area contributed by atoms with E-state index < -0.39 is 0 Å². The summed E-state index contributed by atoms with van der Waals surface area (Å²) in [5.41, 5.74) is 0. The van der Waals surface area contributed by atoms with Crippen molar-refractivity contribution in [2.75, 3.05) is 0 Å². The third-order valence-electron chi connectivity index (χ3n) is 0.0275. The molecule has 5 heavy (non-hydrogen) atoms. The van der Waals surface area contributed by atoms with Crippen molar-refractivity contribution < 1.29 is 24.4 Å². The van der Waals surface area contributed by atoms with Crippen molar-refractivity contribution in [2.45, 2.75) is 0 Å². The van der Waals surface area contributed by atoms with Crippen LogP contribution in [0.25, 0.3) is 0 Å². The van der Waals surface area contributed by atoms with Crippen LogP contribution in [0.2, 0.25) is 0 Å². The van der Waals surface area contributed by atoms with Gasteiger partial charge in [0, 0.05) is 0 Å². The summed E-state index contributed by atoms with van der Waals surface area (Å²) in [4.78, 5) is 0. The zero-order valence-electron chi connectivity index (χ0n) is 2.07. The molecule has 1 nitrogen and oxygen atoms in total. The average Bonchev–Trinajstić information content (AvgIpc) is 1.37. The summed E-state index contributed by atoms with van der Waals surface area (Å²) >= 11 is 2.82. The molecule has 0 heterocycles. The molecule has 0 aliphatic carbocycles. The van der Waals surface area contributed by atoms with Gasteiger partial charge in [0.1, 0.15) is 0 Å². The van der Waals surface area contributed by atoms with Gasteiger partial charge in [0.2, 0.25) is 0 Å². The van der Waals surface area contributed by atoms with Gasteiger partial charge in [-0.25, -0.2) is 0 Å². The molecule has 0 aromatic heterocycles. The van der Waals surface area contributed by atoms with Gasteiger partial charge in [-0.05, 0) is 0 Å². The minimum atomic E-state index is 0. The van der Waals surface area contributed by atoms with Crippen LogP contribution in [0.3, 0.4) is 0 Å². The van der Waals surface area contributed by atoms with Gasteiger partial charge < -0.3 is 0 Å². The summed E-state index contributed by atoms with van der Waals surface area (Å²) in [6.07, 6.45) is 0. The monoisotopic (exact) mass is 185 g/mol. The second kappa shape index (κ2) is 8.82. The Morgan fingerprint density at radius 3 is 2.00 bits per heavy atom. The van der Waals surface area contributed by atoms with Gasteiger partial charge in [-0.1, -0.05) is 0 Å². The molecule has 0 aromatic carbocycles. The second-order valence-electron chi connectivity index (χ2n) is 0.153. The second-order valence-corrected chi connectivity index (χ2v) is 1.37. The molecule has 0 amide bonds. The van der Waals surface area contributed by atoms with Gasteiger partial charge in [0.05, 0.1) is 0 Å². The Balaban J connectivity index is 0. The van der Waals surface area contributed by atoms with Crippen LogP contribution in [0.1, 0.15) is 0 Å². The molecule has 0 unspecified atom stereocenters. The fourth-order valence-electron chi connectivity index (χ4n) is 0. The molecule has 4 heteroatoms. The summed E-state index contributed by atoms with van der Waals surface area (Å²) in [6.45, 7) is 0. The Morgan fingerprint density at radius 2 is 2.00 bits per heavy atom. The van der Waals surface area contributed by atoms with Gasteiger partial charge in [0.25, 0.3) is 0 Å². The Hall–Kier alpha value is 0.510. The fraction of sp³-hybridized carbons (Fsp3) is 0. The van der Waals surface area contributed by atoms with Crippen LogP contribution >= 0.6 is 9.23 Å². The van der Waals surface area contributed by atoms with Crippen molar-refractivity contribution in [1.29, 1.82) is 5.26 Å². The van der Waals surface area contributed by atoms with E-state index in [4.69, 9.17) is 5.26 Å². The molecule has 0 fully saturated rings. The van der Waals surface area contributed by atoms with E-state index in [0.29, 0.717) is 0 Å². The molecule has 0 saturated carbocycles. The van der Waals surface area contributed by atoms with Gasteiger partial charge in [0.15, 0.2) is 0 Å². The number of hydrogen-bond donors (Lipinski definition) is 0. The van der Waals surface area contributed by atoms with E-state index in [1.54, 1.807) is 5.40 Å². The Kier molecular flexibility index (Phi) is 16.0. The van der Waals surface area contributed by atoms with Crippen molar-refractivity contribution in [2.24, 2.45) is 0 Å². The van der Waals surface area contributed by atoms with Crippen LogP contribution in [-0.2, 0) is 19.7 Å². The standard InChI is InChI=1S/CHNS.Ag.FH/c2-1-3;;/h3H;;1H/q;+1;/p-1. The number of halogens is 1. The zero-order chi connectivity index (χ0) is 3.41. The van der Waals surface area contributed by atoms with Crippen LogP contribution in [-0.4, -0.2) is 0 Å². The van der Waals surface area contributed by atoms with Crippen molar-refractivity contribution in [3.8, 4) is 5.40 Å². The van der Waals surface area contributed by atoms with Gasteiger partial charge in [-0.3, -0.25) is 4.70 Å². The van der Waals surface area contributed by atoms with Gasteiger partial charge in [-0.15, -0.1) is 0 Å². The maximum absolute atomic E-state index is 7.54. The van der Waals surface area contributed by atoms with Crippen molar-refractivity contribution in [3.05, 3.63) is 0 Å². The van der Waals surface area contributed by atoms with E-state index in [2.05, 4.69) is 19.7 Å². The third-order valence-corrected chi connectivity index (χ3v) is 0.489. The molecular weight excluding hydrogens is 185 g/mol. The van der Waals surface area contributed by atoms with Crippen LogP contribution in [0, 0.1) is 10.7 Å². The first-order valence-corrected chi connectivity index (χ1v) is 3.02. The first-order chi connectivity index (χ1) is 1.91. The molecule has 0 radical (unpaired) electrons. The Morgan fingerprint density at radius 1 is 1.80 bits per heavy atom. The first-order valence-electron chi connectivity index (χ1n) is 0.551. The molecule has 0 bridgehead atoms. The summed E-state index contributed by atoms with van der Waals surface area (Å²) in [5.74, 6) is 0. The summed E-state index contributed by atoms with van der Waals surface area (Å²) in [5, 5.41) is 9.30. The topological polar surface area (TPSA) is 23.8 Å². The predicted octanol–water partition coefficient (Wildman–Crippen LogP) is 0.815. The van der Waals surface area contributed by atoms with Gasteiger partial charge in [-0.2, -0.15) is 0 Å². The molecule has 0 aliphatic rings. The van der Waals surface area contributed by atoms with Gasteiger partial charge >= 0.3 is 39.6 Å². The summed E-state index contributed by atoms with van der Waals surface area (Å²) in [7, 11) is 0.972. The number of thiocyanates is 1. The van der Waals surface area contributed by atoms with Crippen molar-refractivity contribution in [1.82, 2.24) is 0 Å². The normalized spacial score (nSPS) is 4.20. The summed E-state index contributed by atoms with van der Waals surface area (Å²) < 4.78 is 0. The molecule has 0 atom stereocenters. The average molecular weight is 186 g/mol. The zero-order valence-corrected chi connectivity index (χ0v) is 4.36. The van der Waals surface area contributed by atoms with E-state index >= 15 is 0 Å². The number of nitrogens with zero attached hydrogens (tertiary/aromatic N) is 1. The quantitative estimate of drug-likeness (QED) is 0.413. The third kappa shape index (κ3) is 12.5. The molecule has 0 rings (SSSR count). The van der Waals surface area contributed by atoms with Crippen LogP contribution in [0.4, 0.5) is 4.70 Å². The minimum absolute atomic E-state index is 0. The number of rotatable bonds is 0. The van der Waals surface area contributed by atoms with E-state index in [9.17, 15) is 0 Å². The predicted molar refractivity (Wildman–Crippen MR) is 15.7 cm³/mol. The molecule has 0 N–H and O–H groups in total. The Bertz CT molecular complexity index is 41.4. The molecule has 34 valence electrons. The molecule has 0 aromatic rings. The maximum atomic E-state index is 7.54. The van der Waals surface area contributed by atoms with E-state index in [1.165, 1.54) is 0 Å². The van der Waals surface area contributed by atoms with Crippen molar-refractivity contribution >= 4 is 9.23 Å². The molecular formula is CHAgFNS. The summed E-state index contributed by atoms with van der Waals surface area (Å²) in [6, 6.07) is 0. The fourth-order valence-corrected chi connectivity index (χ4v) is 0. The number of hydrogen-bond acceptors (Lipinski definition) is 2. The van der Waals surface area contributed by atoms with E-state index in [0.717, 1.165) is 9.23 Å². The first kappa shape index (κ1) is 9.10. The Labute approximate surface area is 44.6 Å². The molecule has 0 saturated heterocycles. The molecule has 0 spiro atoms.